The first-order valence-corrected chi connectivity index (χ1v) is 10.5. The fraction of sp³-hybridized carbons (Fsp3) is 0.231. The zero-order valence-electron chi connectivity index (χ0n) is 17.9. The minimum atomic E-state index is -1.37. The number of carboxylic acids is 1. The van der Waals surface area contributed by atoms with Gasteiger partial charge in [-0.05, 0) is 42.2 Å². The van der Waals surface area contributed by atoms with Gasteiger partial charge < -0.3 is 14.9 Å². The van der Waals surface area contributed by atoms with Gasteiger partial charge in [0.15, 0.2) is 6.04 Å². The minimum Gasteiger partial charge on any atom is -0.508 e. The van der Waals surface area contributed by atoms with Gasteiger partial charge in [-0.3, -0.25) is 4.90 Å². The third-order valence-corrected chi connectivity index (χ3v) is 5.85. The van der Waals surface area contributed by atoms with E-state index in [4.69, 9.17) is 4.74 Å². The number of aliphatic carboxylic acids is 1. The summed E-state index contributed by atoms with van der Waals surface area (Å²) >= 11 is 0. The number of amides is 1. The predicted octanol–water partition coefficient (Wildman–Crippen LogP) is 5.18. The van der Waals surface area contributed by atoms with Crippen molar-refractivity contribution in [2.24, 2.45) is 0 Å². The Hall–Kier alpha value is -3.80. The summed E-state index contributed by atoms with van der Waals surface area (Å²) in [6, 6.07) is 20.3. The molecule has 4 rings (SSSR count). The van der Waals surface area contributed by atoms with Crippen LogP contribution in [0.15, 0.2) is 72.8 Å². The highest BCUT2D eigenvalue weighted by Gasteiger charge is 2.37. The van der Waals surface area contributed by atoms with E-state index in [0.717, 1.165) is 27.2 Å². The number of hydrogen-bond acceptors (Lipinski definition) is 4. The van der Waals surface area contributed by atoms with E-state index in [2.05, 4.69) is 12.1 Å². The molecule has 2 N–H and O–H groups in total. The Balaban J connectivity index is 1.61. The first-order valence-electron chi connectivity index (χ1n) is 10.5. The van der Waals surface area contributed by atoms with E-state index >= 15 is 0 Å². The molecule has 0 aromatic heterocycles. The molecule has 1 amide bonds. The number of carbonyl (C=O) groups is 2. The van der Waals surface area contributed by atoms with Crippen LogP contribution in [0.3, 0.4) is 0 Å². The predicted molar refractivity (Wildman–Crippen MR) is 121 cm³/mol. The summed E-state index contributed by atoms with van der Waals surface area (Å²) in [5, 5.41) is 20.1. The monoisotopic (exact) mass is 431 g/mol. The van der Waals surface area contributed by atoms with E-state index in [1.54, 1.807) is 26.0 Å². The molecule has 32 heavy (non-hydrogen) atoms. The number of carboxylic acid groups (broad SMARTS) is 1. The molecule has 0 spiro atoms. The molecule has 0 saturated heterocycles. The Bertz CT molecular complexity index is 1110. The lowest BCUT2D eigenvalue weighted by Crippen LogP contribution is -2.44. The SMILES string of the molecule is CC(C)N(C(=O)OCC1c2ccccc2-c2ccccc21)C(C(=O)O)c1ccccc1O. The lowest BCUT2D eigenvalue weighted by atomic mass is 9.98. The molecule has 1 atom stereocenters. The van der Waals surface area contributed by atoms with Crippen LogP contribution >= 0.6 is 0 Å². The summed E-state index contributed by atoms with van der Waals surface area (Å²) in [5.41, 5.74) is 4.52. The molecule has 0 bridgehead atoms. The van der Waals surface area contributed by atoms with Gasteiger partial charge in [0.25, 0.3) is 0 Å². The third-order valence-electron chi connectivity index (χ3n) is 5.85. The lowest BCUT2D eigenvalue weighted by Gasteiger charge is -2.32. The van der Waals surface area contributed by atoms with Crippen molar-refractivity contribution in [1.29, 1.82) is 0 Å². The van der Waals surface area contributed by atoms with Crippen molar-refractivity contribution < 1.29 is 24.5 Å². The maximum absolute atomic E-state index is 13.2. The molecule has 0 radical (unpaired) electrons. The van der Waals surface area contributed by atoms with E-state index in [0.29, 0.717) is 0 Å². The van der Waals surface area contributed by atoms with Gasteiger partial charge in [-0.1, -0.05) is 66.7 Å². The summed E-state index contributed by atoms with van der Waals surface area (Å²) in [6.07, 6.45) is -0.738. The second kappa shape index (κ2) is 8.75. The molecule has 164 valence electrons. The van der Waals surface area contributed by atoms with Crippen molar-refractivity contribution in [2.75, 3.05) is 6.61 Å². The molecule has 6 heteroatoms. The van der Waals surface area contributed by atoms with Gasteiger partial charge in [-0.2, -0.15) is 0 Å². The normalized spacial score (nSPS) is 13.3. The van der Waals surface area contributed by atoms with Gasteiger partial charge in [0, 0.05) is 17.5 Å². The fourth-order valence-corrected chi connectivity index (χ4v) is 4.40. The summed E-state index contributed by atoms with van der Waals surface area (Å²) in [4.78, 5) is 26.4. The van der Waals surface area contributed by atoms with Crippen LogP contribution < -0.4 is 0 Å². The van der Waals surface area contributed by atoms with Gasteiger partial charge in [-0.15, -0.1) is 0 Å². The quantitative estimate of drug-likeness (QED) is 0.562. The molecule has 3 aromatic carbocycles. The smallest absolute Gasteiger partial charge is 0.411 e. The number of hydrogen-bond donors (Lipinski definition) is 2. The molecular formula is C26H25NO5. The first kappa shape index (κ1) is 21.4. The largest absolute Gasteiger partial charge is 0.508 e. The molecule has 1 aliphatic carbocycles. The van der Waals surface area contributed by atoms with E-state index in [9.17, 15) is 19.8 Å². The number of nitrogens with zero attached hydrogens (tertiary/aromatic N) is 1. The molecule has 0 aliphatic heterocycles. The maximum atomic E-state index is 13.2. The van der Waals surface area contributed by atoms with Crippen LogP contribution in [0, 0.1) is 0 Å². The molecule has 0 fully saturated rings. The van der Waals surface area contributed by atoms with E-state index in [1.165, 1.54) is 12.1 Å². The number of fused-ring (bicyclic) bond motifs is 3. The van der Waals surface area contributed by atoms with Crippen LogP contribution in [-0.4, -0.2) is 39.8 Å². The van der Waals surface area contributed by atoms with Gasteiger partial charge >= 0.3 is 12.1 Å². The molecule has 1 unspecified atom stereocenters. The first-order chi connectivity index (χ1) is 15.4. The fourth-order valence-electron chi connectivity index (χ4n) is 4.40. The number of phenols is 1. The van der Waals surface area contributed by atoms with Gasteiger partial charge in [0.05, 0.1) is 0 Å². The van der Waals surface area contributed by atoms with Crippen LogP contribution in [0.4, 0.5) is 4.79 Å². The number of aromatic hydroxyl groups is 1. The standard InChI is InChI=1S/C26H25NO5/c1-16(2)27(24(25(29)30)21-13-7-8-14-23(21)28)26(31)32-15-22-19-11-5-3-9-17(19)18-10-4-6-12-20(18)22/h3-14,16,22,24,28H,15H2,1-2H3,(H,29,30). The third kappa shape index (κ3) is 3.80. The molecule has 0 heterocycles. The molecule has 1 aliphatic rings. The van der Waals surface area contributed by atoms with E-state index < -0.39 is 24.1 Å². The second-order valence-corrected chi connectivity index (χ2v) is 8.10. The highest BCUT2D eigenvalue weighted by atomic mass is 16.6. The number of para-hydroxylation sites is 1. The minimum absolute atomic E-state index is 0.0865. The Morgan fingerprint density at radius 2 is 1.44 bits per heavy atom. The summed E-state index contributed by atoms with van der Waals surface area (Å²) in [5.74, 6) is -1.56. The number of ether oxygens (including phenoxy) is 1. The zero-order valence-corrected chi connectivity index (χ0v) is 17.9. The number of carbonyl (C=O) groups excluding carboxylic acids is 1. The van der Waals surface area contributed by atoms with Crippen molar-refractivity contribution in [3.63, 3.8) is 0 Å². The van der Waals surface area contributed by atoms with Gasteiger partial charge in [0.1, 0.15) is 12.4 Å². The average Bonchev–Trinajstić information content (AvgIpc) is 3.10. The Morgan fingerprint density at radius 1 is 0.906 bits per heavy atom. The Labute approximate surface area is 186 Å². The highest BCUT2D eigenvalue weighted by Crippen LogP contribution is 2.44. The Morgan fingerprint density at radius 3 is 1.97 bits per heavy atom. The van der Waals surface area contributed by atoms with Crippen LogP contribution in [0.2, 0.25) is 0 Å². The van der Waals surface area contributed by atoms with Gasteiger partial charge in [-0.25, -0.2) is 9.59 Å². The van der Waals surface area contributed by atoms with Crippen molar-refractivity contribution in [2.45, 2.75) is 31.8 Å². The summed E-state index contributed by atoms with van der Waals surface area (Å²) in [7, 11) is 0. The van der Waals surface area contributed by atoms with Crippen LogP contribution in [-0.2, 0) is 9.53 Å². The van der Waals surface area contributed by atoms with Crippen LogP contribution in [0.25, 0.3) is 11.1 Å². The van der Waals surface area contributed by atoms with E-state index in [1.807, 2.05) is 36.4 Å². The van der Waals surface area contributed by atoms with Crippen LogP contribution in [0.5, 0.6) is 5.75 Å². The molecule has 6 nitrogen and oxygen atoms in total. The number of rotatable bonds is 6. The number of phenolic OH excluding ortho intramolecular Hbond substituents is 1. The zero-order chi connectivity index (χ0) is 22.8. The average molecular weight is 431 g/mol. The van der Waals surface area contributed by atoms with Crippen molar-refractivity contribution in [1.82, 2.24) is 4.90 Å². The van der Waals surface area contributed by atoms with E-state index in [-0.39, 0.29) is 23.8 Å². The van der Waals surface area contributed by atoms with Crippen molar-refractivity contribution in [3.8, 4) is 16.9 Å². The summed E-state index contributed by atoms with van der Waals surface area (Å²) in [6.45, 7) is 3.53. The Kier molecular flexibility index (Phi) is 5.86. The maximum Gasteiger partial charge on any atom is 0.411 e. The molecule has 0 saturated carbocycles. The second-order valence-electron chi connectivity index (χ2n) is 8.10. The van der Waals surface area contributed by atoms with Crippen molar-refractivity contribution in [3.05, 3.63) is 89.5 Å². The number of benzene rings is 3. The summed E-state index contributed by atoms with van der Waals surface area (Å²) < 4.78 is 5.70. The topological polar surface area (TPSA) is 87.1 Å². The van der Waals surface area contributed by atoms with Crippen LogP contribution in [0.1, 0.15) is 42.5 Å². The van der Waals surface area contributed by atoms with Gasteiger partial charge in [0.2, 0.25) is 0 Å². The molecule has 3 aromatic rings. The molecular weight excluding hydrogens is 406 g/mol. The lowest BCUT2D eigenvalue weighted by molar-refractivity contribution is -0.143. The highest BCUT2D eigenvalue weighted by molar-refractivity contribution is 5.83. The van der Waals surface area contributed by atoms with Crippen molar-refractivity contribution >= 4 is 12.1 Å².